The average Bonchev–Trinajstić information content (AvgIpc) is 2.75. The molecule has 2 heterocycles. The largest absolute Gasteiger partial charge is 0.389 e. The molecule has 2 aromatic rings. The van der Waals surface area contributed by atoms with Crippen molar-refractivity contribution >= 4 is 21.6 Å². The third kappa shape index (κ3) is 4.45. The highest BCUT2D eigenvalue weighted by atomic mass is 79.9. The molecule has 1 N–H and O–H groups in total. The first kappa shape index (κ1) is 15.2. The molecule has 0 radical (unpaired) electrons. The van der Waals surface area contributed by atoms with Gasteiger partial charge in [-0.1, -0.05) is 0 Å². The Morgan fingerprint density at radius 2 is 2.00 bits per heavy atom. The van der Waals surface area contributed by atoms with Crippen LogP contribution in [-0.4, -0.2) is 27.1 Å². The van der Waals surface area contributed by atoms with Crippen molar-refractivity contribution in [2.24, 2.45) is 0 Å². The Kier molecular flexibility index (Phi) is 4.98. The Balaban J connectivity index is 1.77. The molecule has 20 heavy (non-hydrogen) atoms. The Morgan fingerprint density at radius 1 is 1.20 bits per heavy atom. The maximum atomic E-state index is 12.0. The van der Waals surface area contributed by atoms with Gasteiger partial charge in [-0.05, 0) is 35.3 Å². The first-order valence-electron chi connectivity index (χ1n) is 6.21. The molecule has 2 rings (SSSR count). The lowest BCUT2D eigenvalue weighted by Crippen LogP contribution is -2.17. The molecule has 0 fully saturated rings. The summed E-state index contributed by atoms with van der Waals surface area (Å²) < 4.78 is 38.5. The number of halogens is 4. The molecule has 0 atom stereocenters. The zero-order valence-corrected chi connectivity index (χ0v) is 12.2. The summed E-state index contributed by atoms with van der Waals surface area (Å²) in [4.78, 5) is 8.27. The smallest absolute Gasteiger partial charge is 0.311 e. The number of rotatable bonds is 6. The monoisotopic (exact) mass is 350 g/mol. The van der Waals surface area contributed by atoms with Gasteiger partial charge in [-0.3, -0.25) is 4.40 Å². The van der Waals surface area contributed by atoms with Crippen LogP contribution in [0.5, 0.6) is 0 Å². The predicted octanol–water partition coefficient (Wildman–Crippen LogP) is 3.31. The summed E-state index contributed by atoms with van der Waals surface area (Å²) in [6, 6.07) is 0. The molecule has 2 aromatic heterocycles. The zero-order chi connectivity index (χ0) is 14.6. The van der Waals surface area contributed by atoms with Crippen LogP contribution in [0.3, 0.4) is 0 Å². The van der Waals surface area contributed by atoms with E-state index in [-0.39, 0.29) is 6.42 Å². The Bertz CT molecular complexity index is 567. The first-order chi connectivity index (χ1) is 9.46. The molecule has 110 valence electrons. The van der Waals surface area contributed by atoms with E-state index in [1.54, 1.807) is 12.4 Å². The average molecular weight is 351 g/mol. The van der Waals surface area contributed by atoms with E-state index < -0.39 is 12.6 Å². The highest BCUT2D eigenvalue weighted by molar-refractivity contribution is 9.10. The molecule has 0 spiro atoms. The molecule has 0 aromatic carbocycles. The second-order valence-corrected chi connectivity index (χ2v) is 5.25. The molecule has 0 amide bonds. The van der Waals surface area contributed by atoms with E-state index in [4.69, 9.17) is 0 Å². The number of alkyl halides is 3. The number of hydrogen-bond donors (Lipinski definition) is 1. The molecular weight excluding hydrogens is 337 g/mol. The van der Waals surface area contributed by atoms with Gasteiger partial charge in [-0.25, -0.2) is 9.97 Å². The SMILES string of the molecule is FC(F)(F)CCCCNCc1cnc2cnc(Br)cn12. The van der Waals surface area contributed by atoms with Crippen molar-refractivity contribution in [2.75, 3.05) is 6.54 Å². The van der Waals surface area contributed by atoms with Gasteiger partial charge in [0.25, 0.3) is 0 Å². The van der Waals surface area contributed by atoms with Crippen molar-refractivity contribution in [3.05, 3.63) is 28.9 Å². The second-order valence-electron chi connectivity index (χ2n) is 4.44. The van der Waals surface area contributed by atoms with Crippen molar-refractivity contribution < 1.29 is 13.2 Å². The van der Waals surface area contributed by atoms with E-state index >= 15 is 0 Å². The number of unbranched alkanes of at least 4 members (excludes halogenated alkanes) is 1. The van der Waals surface area contributed by atoms with Crippen molar-refractivity contribution in [1.82, 2.24) is 19.7 Å². The lowest BCUT2D eigenvalue weighted by Gasteiger charge is -2.07. The number of nitrogens with one attached hydrogen (secondary N) is 1. The van der Waals surface area contributed by atoms with Gasteiger partial charge in [0.15, 0.2) is 5.65 Å². The van der Waals surface area contributed by atoms with Gasteiger partial charge in [0.05, 0.1) is 18.1 Å². The maximum Gasteiger partial charge on any atom is 0.389 e. The van der Waals surface area contributed by atoms with Gasteiger partial charge in [0, 0.05) is 19.2 Å². The summed E-state index contributed by atoms with van der Waals surface area (Å²) in [5, 5.41) is 3.12. The van der Waals surface area contributed by atoms with Crippen molar-refractivity contribution in [3.63, 3.8) is 0 Å². The first-order valence-corrected chi connectivity index (χ1v) is 7.00. The van der Waals surface area contributed by atoms with Crippen molar-refractivity contribution in [3.8, 4) is 0 Å². The zero-order valence-electron chi connectivity index (χ0n) is 10.6. The molecule has 0 saturated heterocycles. The molecule has 4 nitrogen and oxygen atoms in total. The summed E-state index contributed by atoms with van der Waals surface area (Å²) in [6.07, 6.45) is 1.07. The van der Waals surface area contributed by atoms with E-state index in [0.29, 0.717) is 24.1 Å². The lowest BCUT2D eigenvalue weighted by molar-refractivity contribution is -0.135. The molecule has 0 aliphatic heterocycles. The van der Waals surface area contributed by atoms with E-state index in [0.717, 1.165) is 11.3 Å². The number of aromatic nitrogens is 3. The molecule has 0 bridgehead atoms. The maximum absolute atomic E-state index is 12.0. The number of hydrogen-bond acceptors (Lipinski definition) is 3. The highest BCUT2D eigenvalue weighted by Crippen LogP contribution is 2.21. The molecular formula is C12H14BrF3N4. The normalized spacial score (nSPS) is 12.2. The van der Waals surface area contributed by atoms with Crippen molar-refractivity contribution in [1.29, 1.82) is 0 Å². The minimum atomic E-state index is -4.05. The van der Waals surface area contributed by atoms with Crippen LogP contribution < -0.4 is 5.32 Å². The standard InChI is InChI=1S/C12H14BrF3N4/c13-10-8-20-9(6-19-11(20)7-18-10)5-17-4-2-1-3-12(14,15)16/h6-8,17H,1-5H2. The Labute approximate surface area is 122 Å². The summed E-state index contributed by atoms with van der Waals surface area (Å²) in [7, 11) is 0. The van der Waals surface area contributed by atoms with E-state index in [1.165, 1.54) is 0 Å². The summed E-state index contributed by atoms with van der Waals surface area (Å²) in [5.74, 6) is 0. The molecule has 0 saturated carbocycles. The fourth-order valence-electron chi connectivity index (χ4n) is 1.84. The topological polar surface area (TPSA) is 42.2 Å². The second kappa shape index (κ2) is 6.53. The number of imidazole rings is 1. The van der Waals surface area contributed by atoms with Gasteiger partial charge in [-0.2, -0.15) is 13.2 Å². The summed E-state index contributed by atoms with van der Waals surface area (Å²) >= 11 is 3.29. The van der Waals surface area contributed by atoms with Gasteiger partial charge in [0.1, 0.15) is 4.60 Å². The summed E-state index contributed by atoms with van der Waals surface area (Å²) in [5.41, 5.74) is 1.68. The molecule has 0 aliphatic rings. The van der Waals surface area contributed by atoms with Gasteiger partial charge in [0.2, 0.25) is 0 Å². The van der Waals surface area contributed by atoms with Crippen LogP contribution in [-0.2, 0) is 6.54 Å². The van der Waals surface area contributed by atoms with Gasteiger partial charge >= 0.3 is 6.18 Å². The van der Waals surface area contributed by atoms with Gasteiger partial charge in [-0.15, -0.1) is 0 Å². The Morgan fingerprint density at radius 3 is 2.75 bits per heavy atom. The van der Waals surface area contributed by atoms with Crippen LogP contribution in [0, 0.1) is 0 Å². The Hall–Kier alpha value is -1.15. The van der Waals surface area contributed by atoms with E-state index in [9.17, 15) is 13.2 Å². The number of nitrogens with zero attached hydrogens (tertiary/aromatic N) is 3. The summed E-state index contributed by atoms with van der Waals surface area (Å²) in [6.45, 7) is 1.11. The van der Waals surface area contributed by atoms with Crippen LogP contribution >= 0.6 is 15.9 Å². The quantitative estimate of drug-likeness (QED) is 0.812. The van der Waals surface area contributed by atoms with Crippen LogP contribution in [0.25, 0.3) is 5.65 Å². The lowest BCUT2D eigenvalue weighted by atomic mass is 10.2. The fraction of sp³-hybridized carbons (Fsp3) is 0.500. The van der Waals surface area contributed by atoms with E-state index in [2.05, 4.69) is 31.2 Å². The predicted molar refractivity (Wildman–Crippen MR) is 72.3 cm³/mol. The van der Waals surface area contributed by atoms with Gasteiger partial charge < -0.3 is 5.32 Å². The van der Waals surface area contributed by atoms with E-state index in [1.807, 2.05) is 10.6 Å². The molecule has 0 aliphatic carbocycles. The minimum Gasteiger partial charge on any atom is -0.311 e. The van der Waals surface area contributed by atoms with Crippen molar-refractivity contribution in [2.45, 2.75) is 32.0 Å². The number of fused-ring (bicyclic) bond motifs is 1. The van der Waals surface area contributed by atoms with Crippen LogP contribution in [0.1, 0.15) is 25.0 Å². The molecule has 0 unspecified atom stereocenters. The third-order valence-corrected chi connectivity index (χ3v) is 3.22. The van der Waals surface area contributed by atoms with Crippen LogP contribution in [0.2, 0.25) is 0 Å². The van der Waals surface area contributed by atoms with Crippen LogP contribution in [0.4, 0.5) is 13.2 Å². The third-order valence-electron chi connectivity index (χ3n) is 2.81. The highest BCUT2D eigenvalue weighted by Gasteiger charge is 2.25. The van der Waals surface area contributed by atoms with Crippen LogP contribution in [0.15, 0.2) is 23.2 Å². The fourth-order valence-corrected chi connectivity index (χ4v) is 2.15. The molecule has 8 heteroatoms. The minimum absolute atomic E-state index is 0.152.